The third-order valence-corrected chi connectivity index (χ3v) is 13.5. The Morgan fingerprint density at radius 2 is 1.60 bits per heavy atom. The summed E-state index contributed by atoms with van der Waals surface area (Å²) in [5.74, 6) is -1.08. The monoisotopic (exact) mass is 600 g/mol. The predicted octanol–water partition coefficient (Wildman–Crippen LogP) is 7.88. The van der Waals surface area contributed by atoms with E-state index in [-0.39, 0.29) is 51.3 Å². The Labute approximate surface area is 257 Å². The van der Waals surface area contributed by atoms with Gasteiger partial charge in [-0.05, 0) is 142 Å². The van der Waals surface area contributed by atoms with Crippen molar-refractivity contribution in [1.29, 1.82) is 0 Å². The largest absolute Gasteiger partial charge is 0.393 e. The molecule has 0 spiro atoms. The number of benzene rings is 1. The van der Waals surface area contributed by atoms with Gasteiger partial charge < -0.3 is 15.3 Å². The van der Waals surface area contributed by atoms with E-state index in [0.717, 1.165) is 38.2 Å². The molecule has 240 valence electrons. The van der Waals surface area contributed by atoms with E-state index in [1.807, 2.05) is 20.8 Å². The van der Waals surface area contributed by atoms with E-state index < -0.39 is 34.4 Å². The average molecular weight is 601 g/mol. The van der Waals surface area contributed by atoms with Gasteiger partial charge >= 0.3 is 0 Å². The van der Waals surface area contributed by atoms with Crippen molar-refractivity contribution in [3.05, 3.63) is 41.0 Å². The van der Waals surface area contributed by atoms with E-state index in [1.165, 1.54) is 12.1 Å². The van der Waals surface area contributed by atoms with Gasteiger partial charge in [-0.15, -0.1) is 0 Å². The molecule has 0 heterocycles. The number of hydrogen-bond acceptors (Lipinski definition) is 4. The number of halogens is 2. The molecule has 4 saturated carbocycles. The topological polar surface area (TPSA) is 77.8 Å². The second kappa shape index (κ2) is 10.5. The fraction of sp³-hybridized carbons (Fsp3) is 0.757. The standard InChI is InChI=1S/C37H54F2O4/c1-32(2,42)14-9-15-37(8,43)25-12-16-36(7)30(25)27(40)20-29-34(5)21-23(18-22-10-11-24(38)19-26(22)39)31(41)33(3,4)28(34)13-17-35(29,36)6/h10-11,18-19,25,27-30,40,42-43H,9,12-17,20-21H2,1-8H3/b23-18+/t25-,27+,28-,29+,30-,34-,35+,36+,37+/m0/s1. The second-order valence-electron chi connectivity index (χ2n) is 17.0. The first-order valence-corrected chi connectivity index (χ1v) is 16.5. The molecule has 4 fully saturated rings. The molecule has 1 aromatic carbocycles. The van der Waals surface area contributed by atoms with Crippen molar-refractivity contribution in [1.82, 2.24) is 0 Å². The lowest BCUT2D eigenvalue weighted by atomic mass is 9.35. The number of ketones is 1. The van der Waals surface area contributed by atoms with E-state index in [0.29, 0.717) is 31.3 Å². The van der Waals surface area contributed by atoms with Crippen LogP contribution < -0.4 is 0 Å². The quantitative estimate of drug-likeness (QED) is 0.290. The second-order valence-corrected chi connectivity index (χ2v) is 17.0. The van der Waals surface area contributed by atoms with Crippen molar-refractivity contribution < 1.29 is 28.9 Å². The summed E-state index contributed by atoms with van der Waals surface area (Å²) in [4.78, 5) is 13.9. The van der Waals surface area contributed by atoms with Gasteiger partial charge in [0.05, 0.1) is 17.3 Å². The van der Waals surface area contributed by atoms with Crippen LogP contribution in [0.15, 0.2) is 23.8 Å². The van der Waals surface area contributed by atoms with Gasteiger partial charge in [0.1, 0.15) is 11.6 Å². The molecule has 0 radical (unpaired) electrons. The van der Waals surface area contributed by atoms with Gasteiger partial charge in [0, 0.05) is 17.0 Å². The Kier molecular flexibility index (Phi) is 7.96. The summed E-state index contributed by atoms with van der Waals surface area (Å²) in [7, 11) is 0. The molecule has 43 heavy (non-hydrogen) atoms. The van der Waals surface area contributed by atoms with Crippen molar-refractivity contribution in [2.24, 2.45) is 45.3 Å². The molecule has 6 heteroatoms. The first-order chi connectivity index (χ1) is 19.7. The summed E-state index contributed by atoms with van der Waals surface area (Å²) in [6.45, 7) is 16.6. The van der Waals surface area contributed by atoms with Crippen LogP contribution in [0, 0.1) is 57.0 Å². The van der Waals surface area contributed by atoms with Crippen molar-refractivity contribution in [3.8, 4) is 0 Å². The zero-order valence-corrected chi connectivity index (χ0v) is 27.6. The fourth-order valence-corrected chi connectivity index (χ4v) is 11.3. The first kappa shape index (κ1) is 32.8. The van der Waals surface area contributed by atoms with E-state index >= 15 is 0 Å². The molecule has 9 atom stereocenters. The number of Topliss-reactive ketones (excluding diaryl/α,β-unsaturated/α-hetero) is 1. The Morgan fingerprint density at radius 3 is 2.23 bits per heavy atom. The van der Waals surface area contributed by atoms with Gasteiger partial charge in [0.2, 0.25) is 0 Å². The van der Waals surface area contributed by atoms with Gasteiger partial charge in [-0.2, -0.15) is 0 Å². The van der Waals surface area contributed by atoms with Crippen molar-refractivity contribution >= 4 is 11.9 Å². The highest BCUT2D eigenvalue weighted by molar-refractivity contribution is 6.04. The molecule has 1 aromatic rings. The molecule has 4 aliphatic carbocycles. The Hall–Kier alpha value is -1.63. The van der Waals surface area contributed by atoms with Gasteiger partial charge in [-0.1, -0.05) is 34.6 Å². The Balaban J connectivity index is 1.50. The molecule has 4 aliphatic rings. The number of fused-ring (bicyclic) bond motifs is 5. The lowest BCUT2D eigenvalue weighted by Gasteiger charge is -2.70. The normalized spacial score (nSPS) is 41.4. The van der Waals surface area contributed by atoms with Crippen LogP contribution in [0.2, 0.25) is 0 Å². The SMILES string of the molecule is CC(C)(O)CCC[C@@](C)(O)[C@H]1CC[C@]2(C)[C@@H]1[C@H](O)C[C@@H]1[C@@]3(C)C/C(=C\c4ccc(F)cc4F)C(=O)C(C)(C)[C@@H]3CC[C@]12C. The number of aliphatic hydroxyl groups excluding tert-OH is 1. The Morgan fingerprint density at radius 1 is 0.953 bits per heavy atom. The minimum absolute atomic E-state index is 0.0288. The van der Waals surface area contributed by atoms with Crippen LogP contribution in [0.25, 0.3) is 6.08 Å². The van der Waals surface area contributed by atoms with E-state index in [2.05, 4.69) is 20.8 Å². The lowest BCUT2D eigenvalue weighted by Crippen LogP contribution is -2.66. The van der Waals surface area contributed by atoms with E-state index in [9.17, 15) is 28.9 Å². The van der Waals surface area contributed by atoms with Crippen LogP contribution in [0.3, 0.4) is 0 Å². The minimum Gasteiger partial charge on any atom is -0.393 e. The summed E-state index contributed by atoms with van der Waals surface area (Å²) in [6, 6.07) is 3.49. The molecule has 0 amide bonds. The highest BCUT2D eigenvalue weighted by Crippen LogP contribution is 2.75. The van der Waals surface area contributed by atoms with Crippen LogP contribution in [0.5, 0.6) is 0 Å². The van der Waals surface area contributed by atoms with Crippen molar-refractivity contribution in [2.75, 3.05) is 0 Å². The maximum atomic E-state index is 14.7. The molecule has 0 bridgehead atoms. The van der Waals surface area contributed by atoms with E-state index in [1.54, 1.807) is 19.9 Å². The number of carbonyl (C=O) groups excluding carboxylic acids is 1. The van der Waals surface area contributed by atoms with Gasteiger partial charge in [-0.3, -0.25) is 4.79 Å². The molecular weight excluding hydrogens is 546 g/mol. The van der Waals surface area contributed by atoms with Crippen molar-refractivity contribution in [2.45, 2.75) is 130 Å². The van der Waals surface area contributed by atoms with Gasteiger partial charge in [0.25, 0.3) is 0 Å². The number of carbonyl (C=O) groups is 1. The summed E-state index contributed by atoms with van der Waals surface area (Å²) < 4.78 is 28.4. The van der Waals surface area contributed by atoms with E-state index in [4.69, 9.17) is 0 Å². The van der Waals surface area contributed by atoms with Gasteiger partial charge in [0.15, 0.2) is 5.78 Å². The summed E-state index contributed by atoms with van der Waals surface area (Å²) >= 11 is 0. The van der Waals surface area contributed by atoms with Crippen LogP contribution >= 0.6 is 0 Å². The number of allylic oxidation sites excluding steroid dienone is 1. The summed E-state index contributed by atoms with van der Waals surface area (Å²) in [5.41, 5.74) is -2.15. The zero-order valence-electron chi connectivity index (χ0n) is 27.6. The molecule has 0 unspecified atom stereocenters. The predicted molar refractivity (Wildman–Crippen MR) is 166 cm³/mol. The molecule has 0 saturated heterocycles. The van der Waals surface area contributed by atoms with Gasteiger partial charge in [-0.25, -0.2) is 8.78 Å². The number of hydrogen-bond donors (Lipinski definition) is 3. The molecule has 3 N–H and O–H groups in total. The maximum absolute atomic E-state index is 14.7. The molecule has 4 nitrogen and oxygen atoms in total. The highest BCUT2D eigenvalue weighted by Gasteiger charge is 2.71. The molecule has 5 rings (SSSR count). The summed E-state index contributed by atoms with van der Waals surface area (Å²) in [5, 5.41) is 34.1. The minimum atomic E-state index is -0.937. The van der Waals surface area contributed by atoms with Crippen LogP contribution in [-0.4, -0.2) is 38.4 Å². The molecular formula is C37H54F2O4. The molecule has 0 aliphatic heterocycles. The average Bonchev–Trinajstić information content (AvgIpc) is 3.25. The highest BCUT2D eigenvalue weighted by atomic mass is 19.1. The summed E-state index contributed by atoms with van der Waals surface area (Å²) in [6.07, 6.45) is 7.76. The number of rotatable bonds is 6. The maximum Gasteiger partial charge on any atom is 0.164 e. The van der Waals surface area contributed by atoms with Crippen LogP contribution in [0.4, 0.5) is 8.78 Å². The first-order valence-electron chi connectivity index (χ1n) is 16.5. The number of aliphatic hydroxyl groups is 3. The van der Waals surface area contributed by atoms with Crippen LogP contribution in [-0.2, 0) is 4.79 Å². The fourth-order valence-electron chi connectivity index (χ4n) is 11.3. The third-order valence-electron chi connectivity index (χ3n) is 13.5. The Bertz CT molecular complexity index is 1290. The van der Waals surface area contributed by atoms with Crippen molar-refractivity contribution in [3.63, 3.8) is 0 Å². The molecule has 0 aromatic heterocycles. The third kappa shape index (κ3) is 5.16. The zero-order chi connectivity index (χ0) is 32.0. The van der Waals surface area contributed by atoms with Crippen LogP contribution in [0.1, 0.15) is 119 Å². The smallest absolute Gasteiger partial charge is 0.164 e. The lowest BCUT2D eigenvalue weighted by molar-refractivity contribution is -0.228.